The van der Waals surface area contributed by atoms with Crippen LogP contribution in [-0.2, 0) is 17.6 Å². The van der Waals surface area contributed by atoms with E-state index in [9.17, 15) is 4.79 Å². The lowest BCUT2D eigenvalue weighted by Crippen LogP contribution is -2.07. The number of aryl methyl sites for hydroxylation is 1. The first-order valence-electron chi connectivity index (χ1n) is 5.92. The van der Waals surface area contributed by atoms with Gasteiger partial charge in [0.2, 0.25) is 0 Å². The zero-order valence-electron chi connectivity index (χ0n) is 9.20. The third-order valence-electron chi connectivity index (χ3n) is 3.30. The van der Waals surface area contributed by atoms with Crippen LogP contribution in [-0.4, -0.2) is 24.0 Å². The molecule has 4 heteroatoms. The van der Waals surface area contributed by atoms with Gasteiger partial charge in [-0.25, -0.2) is 4.98 Å². The van der Waals surface area contributed by atoms with Gasteiger partial charge < -0.3 is 4.74 Å². The first kappa shape index (κ1) is 10.4. The minimum atomic E-state index is 0.299. The van der Waals surface area contributed by atoms with Gasteiger partial charge in [0.25, 0.3) is 0 Å². The lowest BCUT2D eigenvalue weighted by Gasteiger charge is -2.06. The normalized spacial score (nSPS) is 24.8. The topological polar surface area (TPSA) is 39.2 Å². The molecule has 1 aliphatic heterocycles. The van der Waals surface area contributed by atoms with Crippen molar-refractivity contribution in [2.24, 2.45) is 5.92 Å². The Labute approximate surface area is 98.8 Å². The summed E-state index contributed by atoms with van der Waals surface area (Å²) >= 11 is 1.61. The summed E-state index contributed by atoms with van der Waals surface area (Å²) in [5, 5.41) is 1.13. The zero-order chi connectivity index (χ0) is 11.0. The summed E-state index contributed by atoms with van der Waals surface area (Å²) in [5.41, 5.74) is 1.05. The van der Waals surface area contributed by atoms with Gasteiger partial charge in [-0.05, 0) is 25.2 Å². The van der Waals surface area contributed by atoms with E-state index in [2.05, 4.69) is 4.98 Å². The Morgan fingerprint density at radius 2 is 2.38 bits per heavy atom. The molecule has 3 nitrogen and oxygen atoms in total. The Bertz CT molecular complexity index is 407. The number of ketones is 1. The maximum atomic E-state index is 11.7. The highest BCUT2D eigenvalue weighted by Gasteiger charge is 2.24. The average molecular weight is 237 g/mol. The molecule has 1 aromatic rings. The van der Waals surface area contributed by atoms with Gasteiger partial charge in [0, 0.05) is 26.1 Å². The highest BCUT2D eigenvalue weighted by molar-refractivity contribution is 7.13. The van der Waals surface area contributed by atoms with Crippen molar-refractivity contribution in [3.63, 3.8) is 0 Å². The van der Waals surface area contributed by atoms with Gasteiger partial charge in [-0.1, -0.05) is 0 Å². The zero-order valence-corrected chi connectivity index (χ0v) is 10.0. The molecule has 0 bridgehead atoms. The minimum Gasteiger partial charge on any atom is -0.381 e. The van der Waals surface area contributed by atoms with Crippen LogP contribution in [0.3, 0.4) is 0 Å². The second-order valence-electron chi connectivity index (χ2n) is 4.59. The van der Waals surface area contributed by atoms with Gasteiger partial charge in [0.15, 0.2) is 5.78 Å². The van der Waals surface area contributed by atoms with Crippen LogP contribution >= 0.6 is 11.3 Å². The molecule has 2 aliphatic rings. The molecule has 1 atom stereocenters. The Morgan fingerprint density at radius 3 is 3.12 bits per heavy atom. The predicted octanol–water partition coefficient (Wildman–Crippen LogP) is 2.24. The number of fused-ring (bicyclic) bond motifs is 1. The number of carbonyl (C=O) groups is 1. The summed E-state index contributed by atoms with van der Waals surface area (Å²) in [7, 11) is 0. The maximum Gasteiger partial charge on any atom is 0.174 e. The van der Waals surface area contributed by atoms with E-state index in [0.717, 1.165) is 54.5 Å². The molecule has 1 unspecified atom stereocenters. The Kier molecular flexibility index (Phi) is 2.77. The van der Waals surface area contributed by atoms with Gasteiger partial charge >= 0.3 is 0 Å². The van der Waals surface area contributed by atoms with Crippen LogP contribution in [0.2, 0.25) is 0 Å². The van der Waals surface area contributed by atoms with E-state index < -0.39 is 0 Å². The quantitative estimate of drug-likeness (QED) is 0.792. The Hall–Kier alpha value is -0.740. The van der Waals surface area contributed by atoms with Gasteiger partial charge in [0.1, 0.15) is 0 Å². The first-order chi connectivity index (χ1) is 7.83. The maximum absolute atomic E-state index is 11.7. The highest BCUT2D eigenvalue weighted by Crippen LogP contribution is 2.29. The molecule has 0 spiro atoms. The summed E-state index contributed by atoms with van der Waals surface area (Å²) in [4.78, 5) is 17.2. The molecule has 0 aromatic carbocycles. The summed E-state index contributed by atoms with van der Waals surface area (Å²) in [5.74, 6) is 0.912. The number of nitrogens with zero attached hydrogens (tertiary/aromatic N) is 1. The van der Waals surface area contributed by atoms with Crippen LogP contribution in [0, 0.1) is 5.92 Å². The van der Waals surface area contributed by atoms with Crippen LogP contribution in [0.4, 0.5) is 0 Å². The Balaban J connectivity index is 1.78. The second kappa shape index (κ2) is 4.26. The second-order valence-corrected chi connectivity index (χ2v) is 5.68. The summed E-state index contributed by atoms with van der Waals surface area (Å²) in [6, 6.07) is 0. The van der Waals surface area contributed by atoms with E-state index >= 15 is 0 Å². The van der Waals surface area contributed by atoms with Crippen molar-refractivity contribution >= 4 is 17.1 Å². The molecule has 1 aliphatic carbocycles. The predicted molar refractivity (Wildman–Crippen MR) is 62.0 cm³/mol. The molecule has 1 saturated heterocycles. The number of thiazole rings is 1. The molecule has 16 heavy (non-hydrogen) atoms. The van der Waals surface area contributed by atoms with Crippen molar-refractivity contribution in [2.45, 2.75) is 32.1 Å². The third kappa shape index (κ3) is 1.92. The molecule has 1 aromatic heterocycles. The molecule has 0 radical (unpaired) electrons. The molecular weight excluding hydrogens is 222 g/mol. The van der Waals surface area contributed by atoms with E-state index in [1.54, 1.807) is 11.3 Å². The van der Waals surface area contributed by atoms with Crippen LogP contribution in [0.1, 0.15) is 39.6 Å². The largest absolute Gasteiger partial charge is 0.381 e. The lowest BCUT2D eigenvalue weighted by molar-refractivity contribution is 0.0976. The van der Waals surface area contributed by atoms with Gasteiger partial charge in [-0.2, -0.15) is 0 Å². The molecule has 1 fully saturated rings. The van der Waals surface area contributed by atoms with Crippen molar-refractivity contribution in [3.8, 4) is 0 Å². The molecule has 2 heterocycles. The molecule has 0 saturated carbocycles. The Morgan fingerprint density at radius 1 is 1.44 bits per heavy atom. The van der Waals surface area contributed by atoms with E-state index in [-0.39, 0.29) is 0 Å². The SMILES string of the molecule is O=C1CCCc2nc(CC3CCOC3)sc21. The van der Waals surface area contributed by atoms with Gasteiger partial charge in [-0.15, -0.1) is 11.3 Å². The summed E-state index contributed by atoms with van der Waals surface area (Å²) < 4.78 is 5.36. The van der Waals surface area contributed by atoms with Crippen LogP contribution in [0.25, 0.3) is 0 Å². The molecule has 86 valence electrons. The molecular formula is C12H15NO2S. The van der Waals surface area contributed by atoms with Crippen molar-refractivity contribution in [2.75, 3.05) is 13.2 Å². The van der Waals surface area contributed by atoms with Crippen molar-refractivity contribution < 1.29 is 9.53 Å². The lowest BCUT2D eigenvalue weighted by atomic mass is 10.0. The van der Waals surface area contributed by atoms with E-state index in [1.807, 2.05) is 0 Å². The monoisotopic (exact) mass is 237 g/mol. The molecule has 0 amide bonds. The van der Waals surface area contributed by atoms with Gasteiger partial charge in [0.05, 0.1) is 15.6 Å². The van der Waals surface area contributed by atoms with E-state index in [1.165, 1.54) is 0 Å². The van der Waals surface area contributed by atoms with Crippen molar-refractivity contribution in [1.29, 1.82) is 0 Å². The molecule has 0 N–H and O–H groups in total. The molecule has 3 rings (SSSR count). The number of hydrogen-bond donors (Lipinski definition) is 0. The summed E-state index contributed by atoms with van der Waals surface area (Å²) in [6.07, 6.45) is 4.80. The van der Waals surface area contributed by atoms with Crippen LogP contribution in [0.15, 0.2) is 0 Å². The number of ether oxygens (including phenoxy) is 1. The smallest absolute Gasteiger partial charge is 0.174 e. The fourth-order valence-corrected chi connectivity index (χ4v) is 3.59. The van der Waals surface area contributed by atoms with Crippen LogP contribution < -0.4 is 0 Å². The number of hydrogen-bond acceptors (Lipinski definition) is 4. The van der Waals surface area contributed by atoms with Crippen molar-refractivity contribution in [1.82, 2.24) is 4.98 Å². The summed E-state index contributed by atoms with van der Waals surface area (Å²) in [6.45, 7) is 1.74. The number of Topliss-reactive ketones (excluding diaryl/α,β-unsaturated/α-hetero) is 1. The van der Waals surface area contributed by atoms with Crippen LogP contribution in [0.5, 0.6) is 0 Å². The standard InChI is InChI=1S/C12H15NO2S/c14-10-3-1-2-9-12(10)16-11(13-9)6-8-4-5-15-7-8/h8H,1-7H2. The van der Waals surface area contributed by atoms with Crippen molar-refractivity contribution in [3.05, 3.63) is 15.6 Å². The number of carbonyl (C=O) groups excluding carboxylic acids is 1. The van der Waals surface area contributed by atoms with E-state index in [4.69, 9.17) is 4.74 Å². The minimum absolute atomic E-state index is 0.299. The third-order valence-corrected chi connectivity index (χ3v) is 4.46. The number of aromatic nitrogens is 1. The highest BCUT2D eigenvalue weighted by atomic mass is 32.1. The average Bonchev–Trinajstić information content (AvgIpc) is 2.88. The fraction of sp³-hybridized carbons (Fsp3) is 0.667. The van der Waals surface area contributed by atoms with Gasteiger partial charge in [-0.3, -0.25) is 4.79 Å². The number of rotatable bonds is 2. The fourth-order valence-electron chi connectivity index (χ4n) is 2.40. The first-order valence-corrected chi connectivity index (χ1v) is 6.74. The van der Waals surface area contributed by atoms with E-state index in [0.29, 0.717) is 18.1 Å².